The van der Waals surface area contributed by atoms with Crippen LogP contribution in [-0.4, -0.2) is 38.8 Å². The molecule has 0 atom stereocenters. The number of halogens is 1. The van der Waals surface area contributed by atoms with Crippen LogP contribution in [0.4, 0.5) is 0 Å². The van der Waals surface area contributed by atoms with Crippen molar-refractivity contribution >= 4 is 29.9 Å². The number of nitrogens with zero attached hydrogens (tertiary/aromatic N) is 1. The Morgan fingerprint density at radius 2 is 1.73 bits per heavy atom. The third kappa shape index (κ3) is 7.98. The van der Waals surface area contributed by atoms with Gasteiger partial charge in [-0.3, -0.25) is 4.99 Å². The van der Waals surface area contributed by atoms with Crippen LogP contribution in [-0.2, 0) is 17.6 Å². The highest BCUT2D eigenvalue weighted by molar-refractivity contribution is 14.0. The standard InChI is InChI=1S/C17H29N3O.HI/c1-6-14-7-9-15(10-8-14)11-12-19-16(18-4)20-13-17(2,3)21-5;/h7-10H,6,11-13H2,1-5H3,(H2,18,19,20);1H. The van der Waals surface area contributed by atoms with Gasteiger partial charge in [0.2, 0.25) is 0 Å². The fourth-order valence-electron chi connectivity index (χ4n) is 1.86. The van der Waals surface area contributed by atoms with Crippen LogP contribution in [0.2, 0.25) is 0 Å². The Bertz CT molecular complexity index is 444. The van der Waals surface area contributed by atoms with Crippen molar-refractivity contribution in [3.8, 4) is 0 Å². The van der Waals surface area contributed by atoms with Crippen molar-refractivity contribution in [2.75, 3.05) is 27.2 Å². The Morgan fingerprint density at radius 1 is 1.14 bits per heavy atom. The molecule has 5 heteroatoms. The van der Waals surface area contributed by atoms with Gasteiger partial charge < -0.3 is 15.4 Å². The van der Waals surface area contributed by atoms with Crippen LogP contribution in [0.15, 0.2) is 29.3 Å². The average Bonchev–Trinajstić information content (AvgIpc) is 2.51. The molecule has 0 heterocycles. The van der Waals surface area contributed by atoms with Crippen LogP contribution in [0.25, 0.3) is 0 Å². The maximum absolute atomic E-state index is 5.38. The maximum Gasteiger partial charge on any atom is 0.191 e. The van der Waals surface area contributed by atoms with Crippen LogP contribution < -0.4 is 10.6 Å². The van der Waals surface area contributed by atoms with E-state index in [1.165, 1.54) is 11.1 Å². The SMILES string of the molecule is CCc1ccc(CCNC(=NC)NCC(C)(C)OC)cc1.I. The van der Waals surface area contributed by atoms with Gasteiger partial charge in [-0.25, -0.2) is 0 Å². The molecule has 0 aliphatic carbocycles. The van der Waals surface area contributed by atoms with E-state index in [1.807, 2.05) is 13.8 Å². The molecule has 0 aliphatic rings. The molecule has 0 aliphatic heterocycles. The van der Waals surface area contributed by atoms with E-state index in [1.54, 1.807) is 14.2 Å². The molecular formula is C17H30IN3O. The molecule has 0 fully saturated rings. The lowest BCUT2D eigenvalue weighted by Crippen LogP contribution is -2.45. The highest BCUT2D eigenvalue weighted by Gasteiger charge is 2.16. The number of aliphatic imine (C=N–C) groups is 1. The first kappa shape index (κ1) is 21.2. The quantitative estimate of drug-likeness (QED) is 0.406. The van der Waals surface area contributed by atoms with E-state index < -0.39 is 0 Å². The number of methoxy groups -OCH3 is 1. The first-order valence-electron chi connectivity index (χ1n) is 7.58. The minimum absolute atomic E-state index is 0. The molecule has 1 aromatic carbocycles. The monoisotopic (exact) mass is 419 g/mol. The molecule has 126 valence electrons. The van der Waals surface area contributed by atoms with Crippen molar-refractivity contribution in [1.29, 1.82) is 0 Å². The summed E-state index contributed by atoms with van der Waals surface area (Å²) in [7, 11) is 3.50. The van der Waals surface area contributed by atoms with Crippen molar-refractivity contribution in [1.82, 2.24) is 10.6 Å². The van der Waals surface area contributed by atoms with Gasteiger partial charge in [-0.05, 0) is 37.8 Å². The normalized spacial score (nSPS) is 11.8. The molecule has 2 N–H and O–H groups in total. The number of rotatable bonds is 7. The lowest BCUT2D eigenvalue weighted by Gasteiger charge is -2.24. The molecule has 1 rings (SSSR count). The fourth-order valence-corrected chi connectivity index (χ4v) is 1.86. The Morgan fingerprint density at radius 3 is 2.23 bits per heavy atom. The number of aryl methyl sites for hydroxylation is 1. The molecule has 0 saturated heterocycles. The Labute approximate surface area is 152 Å². The van der Waals surface area contributed by atoms with Gasteiger partial charge in [0.25, 0.3) is 0 Å². The van der Waals surface area contributed by atoms with Crippen molar-refractivity contribution in [2.45, 2.75) is 39.2 Å². The largest absolute Gasteiger partial charge is 0.377 e. The first-order valence-corrected chi connectivity index (χ1v) is 7.58. The number of nitrogens with one attached hydrogen (secondary N) is 2. The van der Waals surface area contributed by atoms with E-state index in [9.17, 15) is 0 Å². The minimum Gasteiger partial charge on any atom is -0.377 e. The highest BCUT2D eigenvalue weighted by atomic mass is 127. The minimum atomic E-state index is -0.201. The van der Waals surface area contributed by atoms with Crippen molar-refractivity contribution in [2.24, 2.45) is 4.99 Å². The number of guanidine groups is 1. The zero-order chi connectivity index (χ0) is 15.7. The smallest absolute Gasteiger partial charge is 0.191 e. The maximum atomic E-state index is 5.38. The molecule has 0 bridgehead atoms. The molecule has 0 amide bonds. The summed E-state index contributed by atoms with van der Waals surface area (Å²) in [6, 6.07) is 8.79. The van der Waals surface area contributed by atoms with Crippen LogP contribution in [0.1, 0.15) is 31.9 Å². The van der Waals surface area contributed by atoms with Crippen LogP contribution in [0.5, 0.6) is 0 Å². The van der Waals surface area contributed by atoms with Gasteiger partial charge in [-0.1, -0.05) is 31.2 Å². The zero-order valence-electron chi connectivity index (χ0n) is 14.4. The molecule has 1 aromatic rings. The van der Waals surface area contributed by atoms with Gasteiger partial charge in [0.1, 0.15) is 0 Å². The number of hydrogen-bond acceptors (Lipinski definition) is 2. The highest BCUT2D eigenvalue weighted by Crippen LogP contribution is 2.06. The number of hydrogen-bond donors (Lipinski definition) is 2. The van der Waals surface area contributed by atoms with Crippen LogP contribution >= 0.6 is 24.0 Å². The third-order valence-corrected chi connectivity index (χ3v) is 3.60. The summed E-state index contributed by atoms with van der Waals surface area (Å²) in [4.78, 5) is 4.22. The average molecular weight is 419 g/mol. The summed E-state index contributed by atoms with van der Waals surface area (Å²) in [5.74, 6) is 0.810. The van der Waals surface area contributed by atoms with E-state index in [0.29, 0.717) is 6.54 Å². The van der Waals surface area contributed by atoms with Gasteiger partial charge >= 0.3 is 0 Å². The summed E-state index contributed by atoms with van der Waals surface area (Å²) >= 11 is 0. The van der Waals surface area contributed by atoms with E-state index in [4.69, 9.17) is 4.74 Å². The zero-order valence-corrected chi connectivity index (χ0v) is 16.7. The Hall–Kier alpha value is -0.820. The van der Waals surface area contributed by atoms with Crippen molar-refractivity contribution < 1.29 is 4.74 Å². The lowest BCUT2D eigenvalue weighted by atomic mass is 10.1. The Balaban J connectivity index is 0.00000441. The summed E-state index contributed by atoms with van der Waals surface area (Å²) in [6.07, 6.45) is 2.07. The summed E-state index contributed by atoms with van der Waals surface area (Å²) in [5, 5.41) is 6.61. The number of benzene rings is 1. The second-order valence-electron chi connectivity index (χ2n) is 5.74. The van der Waals surface area contributed by atoms with Crippen LogP contribution in [0, 0.1) is 0 Å². The topological polar surface area (TPSA) is 45.7 Å². The van der Waals surface area contributed by atoms with Crippen molar-refractivity contribution in [3.05, 3.63) is 35.4 Å². The van der Waals surface area contributed by atoms with Gasteiger partial charge in [-0.15, -0.1) is 24.0 Å². The van der Waals surface area contributed by atoms with E-state index in [2.05, 4.69) is 46.8 Å². The third-order valence-electron chi connectivity index (χ3n) is 3.60. The molecule has 0 spiro atoms. The van der Waals surface area contributed by atoms with Crippen LogP contribution in [0.3, 0.4) is 0 Å². The second kappa shape index (κ2) is 10.8. The predicted octanol–water partition coefficient (Wildman–Crippen LogP) is 3.00. The molecule has 0 unspecified atom stereocenters. The fraction of sp³-hybridized carbons (Fsp3) is 0.588. The van der Waals surface area contributed by atoms with Gasteiger partial charge in [-0.2, -0.15) is 0 Å². The number of ether oxygens (including phenoxy) is 1. The molecule has 0 saturated carbocycles. The molecule has 0 radical (unpaired) electrons. The van der Waals surface area contributed by atoms with Gasteiger partial charge in [0, 0.05) is 27.2 Å². The molecule has 0 aromatic heterocycles. The molecule has 4 nitrogen and oxygen atoms in total. The molecule has 22 heavy (non-hydrogen) atoms. The van der Waals surface area contributed by atoms with Gasteiger partial charge in [0.05, 0.1) is 5.60 Å². The Kier molecular flexibility index (Phi) is 10.4. The van der Waals surface area contributed by atoms with E-state index in [-0.39, 0.29) is 29.6 Å². The van der Waals surface area contributed by atoms with E-state index >= 15 is 0 Å². The summed E-state index contributed by atoms with van der Waals surface area (Å²) < 4.78 is 5.38. The first-order chi connectivity index (χ1) is 10.0. The van der Waals surface area contributed by atoms with Crippen molar-refractivity contribution in [3.63, 3.8) is 0 Å². The second-order valence-corrected chi connectivity index (χ2v) is 5.74. The van der Waals surface area contributed by atoms with E-state index in [0.717, 1.165) is 25.3 Å². The summed E-state index contributed by atoms with van der Waals surface area (Å²) in [5.41, 5.74) is 2.52. The predicted molar refractivity (Wildman–Crippen MR) is 105 cm³/mol. The molecular weight excluding hydrogens is 389 g/mol. The summed E-state index contributed by atoms with van der Waals surface area (Å²) in [6.45, 7) is 7.84. The van der Waals surface area contributed by atoms with Gasteiger partial charge in [0.15, 0.2) is 5.96 Å². The lowest BCUT2D eigenvalue weighted by molar-refractivity contribution is 0.0268.